The quantitative estimate of drug-likeness (QED) is 0.732. The molecule has 0 saturated carbocycles. The zero-order valence-electron chi connectivity index (χ0n) is 9.61. The Morgan fingerprint density at radius 3 is 3.00 bits per heavy atom. The first-order valence-electron chi connectivity index (χ1n) is 5.75. The molecule has 1 saturated heterocycles. The fourth-order valence-electron chi connectivity index (χ4n) is 2.26. The van der Waals surface area contributed by atoms with Gasteiger partial charge in [-0.1, -0.05) is 6.92 Å². The smallest absolute Gasteiger partial charge is 0.101 e. The number of benzene rings is 1. The lowest BCUT2D eigenvalue weighted by atomic mass is 9.99. The maximum atomic E-state index is 8.94. The second kappa shape index (κ2) is 4.44. The van der Waals surface area contributed by atoms with Gasteiger partial charge in [0.25, 0.3) is 0 Å². The molecule has 3 nitrogen and oxygen atoms in total. The minimum atomic E-state index is 0.566. The number of anilines is 2. The van der Waals surface area contributed by atoms with Crippen LogP contribution in [-0.2, 0) is 0 Å². The topological polar surface area (TPSA) is 53.0 Å². The molecule has 1 atom stereocenters. The molecule has 1 aliphatic heterocycles. The highest BCUT2D eigenvalue weighted by Gasteiger charge is 2.17. The Bertz CT molecular complexity index is 420. The third-order valence-corrected chi connectivity index (χ3v) is 3.18. The van der Waals surface area contributed by atoms with Crippen molar-refractivity contribution < 1.29 is 0 Å². The summed E-state index contributed by atoms with van der Waals surface area (Å²) in [4.78, 5) is 2.34. The van der Waals surface area contributed by atoms with E-state index in [4.69, 9.17) is 11.0 Å². The highest BCUT2D eigenvalue weighted by molar-refractivity contribution is 5.62. The summed E-state index contributed by atoms with van der Waals surface area (Å²) in [5, 5.41) is 8.94. The largest absolute Gasteiger partial charge is 0.398 e. The lowest BCUT2D eigenvalue weighted by molar-refractivity contribution is 0.447. The van der Waals surface area contributed by atoms with Crippen molar-refractivity contribution in [3.8, 4) is 6.07 Å². The molecule has 0 bridgehead atoms. The van der Waals surface area contributed by atoms with Crippen LogP contribution in [0.25, 0.3) is 0 Å². The first-order chi connectivity index (χ1) is 7.70. The number of rotatable bonds is 1. The Morgan fingerprint density at radius 2 is 2.31 bits per heavy atom. The van der Waals surface area contributed by atoms with E-state index in [0.717, 1.165) is 24.7 Å². The number of nitriles is 1. The van der Waals surface area contributed by atoms with Crippen LogP contribution < -0.4 is 10.6 Å². The molecule has 1 aromatic carbocycles. The van der Waals surface area contributed by atoms with Crippen molar-refractivity contribution in [3.05, 3.63) is 23.8 Å². The summed E-state index contributed by atoms with van der Waals surface area (Å²) in [5.41, 5.74) is 7.98. The minimum Gasteiger partial charge on any atom is -0.398 e. The van der Waals surface area contributed by atoms with Gasteiger partial charge in [0.1, 0.15) is 6.07 Å². The van der Waals surface area contributed by atoms with Gasteiger partial charge in [-0.3, -0.25) is 0 Å². The molecule has 1 aromatic rings. The van der Waals surface area contributed by atoms with Gasteiger partial charge in [0.15, 0.2) is 0 Å². The van der Waals surface area contributed by atoms with Crippen molar-refractivity contribution in [1.29, 1.82) is 5.26 Å². The average molecular weight is 215 g/mol. The molecule has 1 fully saturated rings. The monoisotopic (exact) mass is 215 g/mol. The number of nitrogen functional groups attached to an aromatic ring is 1. The molecule has 16 heavy (non-hydrogen) atoms. The third-order valence-electron chi connectivity index (χ3n) is 3.18. The third kappa shape index (κ3) is 2.11. The first-order valence-corrected chi connectivity index (χ1v) is 5.75. The summed E-state index contributed by atoms with van der Waals surface area (Å²) in [6.07, 6.45) is 2.53. The summed E-state index contributed by atoms with van der Waals surface area (Å²) >= 11 is 0. The number of piperidine rings is 1. The van der Waals surface area contributed by atoms with Gasteiger partial charge in [-0.05, 0) is 37.0 Å². The second-order valence-corrected chi connectivity index (χ2v) is 4.58. The zero-order chi connectivity index (χ0) is 11.5. The summed E-state index contributed by atoms with van der Waals surface area (Å²) in [7, 11) is 0. The van der Waals surface area contributed by atoms with Crippen LogP contribution in [-0.4, -0.2) is 13.1 Å². The van der Waals surface area contributed by atoms with E-state index in [-0.39, 0.29) is 0 Å². The van der Waals surface area contributed by atoms with Crippen LogP contribution in [0.15, 0.2) is 18.2 Å². The molecular weight excluding hydrogens is 198 g/mol. The molecule has 0 amide bonds. The van der Waals surface area contributed by atoms with Gasteiger partial charge >= 0.3 is 0 Å². The standard InChI is InChI=1S/C13H17N3/c1-10-3-2-6-16(9-10)12-4-5-13(15)11(7-12)8-14/h4-5,7,10H,2-3,6,9,15H2,1H3. The highest BCUT2D eigenvalue weighted by Crippen LogP contribution is 2.25. The fraction of sp³-hybridized carbons (Fsp3) is 0.462. The van der Waals surface area contributed by atoms with Crippen molar-refractivity contribution in [3.63, 3.8) is 0 Å². The van der Waals surface area contributed by atoms with Crippen molar-refractivity contribution >= 4 is 11.4 Å². The zero-order valence-corrected chi connectivity index (χ0v) is 9.61. The van der Waals surface area contributed by atoms with E-state index >= 15 is 0 Å². The van der Waals surface area contributed by atoms with E-state index in [9.17, 15) is 0 Å². The van der Waals surface area contributed by atoms with Crippen LogP contribution in [0.2, 0.25) is 0 Å². The van der Waals surface area contributed by atoms with Gasteiger partial charge in [0.2, 0.25) is 0 Å². The molecule has 0 aromatic heterocycles. The molecule has 0 radical (unpaired) electrons. The Labute approximate surface area is 96.5 Å². The summed E-state index contributed by atoms with van der Waals surface area (Å²) in [6.45, 7) is 4.43. The summed E-state index contributed by atoms with van der Waals surface area (Å²) in [6, 6.07) is 7.87. The molecule has 2 N–H and O–H groups in total. The van der Waals surface area contributed by atoms with Gasteiger partial charge in [-0.25, -0.2) is 0 Å². The van der Waals surface area contributed by atoms with Crippen molar-refractivity contribution in [1.82, 2.24) is 0 Å². The number of hydrogen-bond acceptors (Lipinski definition) is 3. The lowest BCUT2D eigenvalue weighted by Crippen LogP contribution is -2.34. The predicted molar refractivity (Wildman–Crippen MR) is 66.2 cm³/mol. The van der Waals surface area contributed by atoms with Crippen LogP contribution in [0.1, 0.15) is 25.3 Å². The van der Waals surface area contributed by atoms with E-state index in [0.29, 0.717) is 11.3 Å². The Balaban J connectivity index is 2.24. The van der Waals surface area contributed by atoms with Crippen molar-refractivity contribution in [2.45, 2.75) is 19.8 Å². The molecule has 84 valence electrons. The van der Waals surface area contributed by atoms with E-state index in [2.05, 4.69) is 17.9 Å². The van der Waals surface area contributed by atoms with Crippen LogP contribution >= 0.6 is 0 Å². The van der Waals surface area contributed by atoms with Gasteiger partial charge in [0, 0.05) is 24.5 Å². The van der Waals surface area contributed by atoms with Crippen LogP contribution in [0.4, 0.5) is 11.4 Å². The summed E-state index contributed by atoms with van der Waals surface area (Å²) in [5.74, 6) is 0.733. The van der Waals surface area contributed by atoms with Crippen LogP contribution in [0, 0.1) is 17.2 Å². The maximum Gasteiger partial charge on any atom is 0.101 e. The van der Waals surface area contributed by atoms with E-state index < -0.39 is 0 Å². The Kier molecular flexibility index (Phi) is 3.00. The molecule has 0 spiro atoms. The molecule has 1 heterocycles. The van der Waals surface area contributed by atoms with E-state index in [1.54, 1.807) is 0 Å². The predicted octanol–water partition coefficient (Wildman–Crippen LogP) is 2.38. The maximum absolute atomic E-state index is 8.94. The normalized spacial score (nSPS) is 20.5. The SMILES string of the molecule is CC1CCCN(c2ccc(N)c(C#N)c2)C1. The summed E-state index contributed by atoms with van der Waals surface area (Å²) < 4.78 is 0. The Hall–Kier alpha value is -1.69. The molecule has 1 aliphatic rings. The highest BCUT2D eigenvalue weighted by atomic mass is 15.1. The number of nitrogens with two attached hydrogens (primary N) is 1. The Morgan fingerprint density at radius 1 is 1.50 bits per heavy atom. The van der Waals surface area contributed by atoms with Gasteiger partial charge in [-0.15, -0.1) is 0 Å². The van der Waals surface area contributed by atoms with E-state index in [1.165, 1.54) is 12.8 Å². The molecule has 1 unspecified atom stereocenters. The van der Waals surface area contributed by atoms with Gasteiger partial charge < -0.3 is 10.6 Å². The molecular formula is C13H17N3. The van der Waals surface area contributed by atoms with Gasteiger partial charge in [-0.2, -0.15) is 5.26 Å². The number of hydrogen-bond donors (Lipinski definition) is 1. The first kappa shape index (κ1) is 10.8. The molecule has 2 rings (SSSR count). The van der Waals surface area contributed by atoms with Crippen molar-refractivity contribution in [2.75, 3.05) is 23.7 Å². The molecule has 3 heteroatoms. The van der Waals surface area contributed by atoms with Gasteiger partial charge in [0.05, 0.1) is 5.56 Å². The average Bonchev–Trinajstić information content (AvgIpc) is 2.29. The minimum absolute atomic E-state index is 0.566. The van der Waals surface area contributed by atoms with Crippen LogP contribution in [0.3, 0.4) is 0 Å². The van der Waals surface area contributed by atoms with Crippen LogP contribution in [0.5, 0.6) is 0 Å². The second-order valence-electron chi connectivity index (χ2n) is 4.58. The van der Waals surface area contributed by atoms with Crippen molar-refractivity contribution in [2.24, 2.45) is 5.92 Å². The molecule has 0 aliphatic carbocycles. The van der Waals surface area contributed by atoms with E-state index in [1.807, 2.05) is 18.2 Å². The fourth-order valence-corrected chi connectivity index (χ4v) is 2.26. The number of nitrogens with zero attached hydrogens (tertiary/aromatic N) is 2. The lowest BCUT2D eigenvalue weighted by Gasteiger charge is -2.33.